The Hall–Kier alpha value is -3.15. The van der Waals surface area contributed by atoms with Crippen LogP contribution in [0.25, 0.3) is 0 Å². The Morgan fingerprint density at radius 2 is 1.72 bits per heavy atom. The smallest absolute Gasteiger partial charge is 0.271 e. The number of benzene rings is 2. The Labute approximate surface area is 171 Å². The average molecular weight is 393 g/mol. The summed E-state index contributed by atoms with van der Waals surface area (Å²) in [6, 6.07) is 14.7. The molecule has 0 aromatic heterocycles. The molecule has 2 aromatic carbocycles. The van der Waals surface area contributed by atoms with E-state index in [1.807, 2.05) is 49.1 Å². The minimum atomic E-state index is -0.237. The summed E-state index contributed by atoms with van der Waals surface area (Å²) in [4.78, 5) is 26.3. The van der Waals surface area contributed by atoms with E-state index in [1.165, 1.54) is 6.42 Å². The van der Waals surface area contributed by atoms with Gasteiger partial charge >= 0.3 is 0 Å². The summed E-state index contributed by atoms with van der Waals surface area (Å²) < 4.78 is 5.62. The molecular formula is C23H27N3O3. The first-order valence-corrected chi connectivity index (χ1v) is 9.96. The van der Waals surface area contributed by atoms with Gasteiger partial charge in [0.2, 0.25) is 0 Å². The van der Waals surface area contributed by atoms with Gasteiger partial charge < -0.3 is 9.64 Å². The SMILES string of the molecule is C/C(=N/NC(=O)c1ccccc1C)c1ccc(OCC(=O)N2CCCCC2)cc1. The van der Waals surface area contributed by atoms with E-state index in [2.05, 4.69) is 10.5 Å². The van der Waals surface area contributed by atoms with Crippen LogP contribution in [0.1, 0.15) is 47.7 Å². The molecule has 1 fully saturated rings. The second kappa shape index (κ2) is 9.87. The fourth-order valence-electron chi connectivity index (χ4n) is 3.26. The molecule has 6 heteroatoms. The summed E-state index contributed by atoms with van der Waals surface area (Å²) in [5.41, 5.74) is 5.65. The number of nitrogens with zero attached hydrogens (tertiary/aromatic N) is 2. The van der Waals surface area contributed by atoms with Crippen molar-refractivity contribution in [3.8, 4) is 5.75 Å². The van der Waals surface area contributed by atoms with Crippen LogP contribution < -0.4 is 10.2 Å². The quantitative estimate of drug-likeness (QED) is 0.603. The monoisotopic (exact) mass is 393 g/mol. The lowest BCUT2D eigenvalue weighted by Crippen LogP contribution is -2.38. The molecule has 0 unspecified atom stereocenters. The molecule has 29 heavy (non-hydrogen) atoms. The third-order valence-electron chi connectivity index (χ3n) is 5.06. The van der Waals surface area contributed by atoms with E-state index in [1.54, 1.807) is 18.2 Å². The largest absolute Gasteiger partial charge is 0.484 e. The molecule has 1 N–H and O–H groups in total. The van der Waals surface area contributed by atoms with Crippen LogP contribution in [0, 0.1) is 6.92 Å². The van der Waals surface area contributed by atoms with E-state index in [9.17, 15) is 9.59 Å². The van der Waals surface area contributed by atoms with Gasteiger partial charge in [-0.05, 0) is 74.6 Å². The standard InChI is InChI=1S/C23H27N3O3/c1-17-8-4-5-9-21(17)23(28)25-24-18(2)19-10-12-20(13-11-19)29-16-22(27)26-14-6-3-7-15-26/h4-5,8-13H,3,6-7,14-16H2,1-2H3,(H,25,28)/b24-18-. The molecule has 0 aliphatic carbocycles. The van der Waals surface area contributed by atoms with E-state index < -0.39 is 0 Å². The van der Waals surface area contributed by atoms with E-state index in [-0.39, 0.29) is 18.4 Å². The average Bonchev–Trinajstić information content (AvgIpc) is 2.77. The Bertz CT molecular complexity index is 884. The van der Waals surface area contributed by atoms with Gasteiger partial charge in [-0.15, -0.1) is 0 Å². The Morgan fingerprint density at radius 1 is 1.03 bits per heavy atom. The number of carbonyl (C=O) groups excluding carboxylic acids is 2. The van der Waals surface area contributed by atoms with E-state index in [0.29, 0.717) is 17.0 Å². The van der Waals surface area contributed by atoms with Gasteiger partial charge in [0.25, 0.3) is 11.8 Å². The lowest BCUT2D eigenvalue weighted by atomic mass is 10.1. The van der Waals surface area contributed by atoms with E-state index in [4.69, 9.17) is 4.74 Å². The van der Waals surface area contributed by atoms with Crippen molar-refractivity contribution in [2.75, 3.05) is 19.7 Å². The molecule has 1 aliphatic rings. The summed E-state index contributed by atoms with van der Waals surface area (Å²) in [6.07, 6.45) is 3.33. The van der Waals surface area contributed by atoms with Crippen molar-refractivity contribution in [2.24, 2.45) is 5.10 Å². The van der Waals surface area contributed by atoms with Gasteiger partial charge in [0.05, 0.1) is 5.71 Å². The molecule has 1 saturated heterocycles. The minimum Gasteiger partial charge on any atom is -0.484 e. The Morgan fingerprint density at radius 3 is 2.41 bits per heavy atom. The zero-order chi connectivity index (χ0) is 20.6. The normalized spacial score (nSPS) is 14.4. The van der Waals surface area contributed by atoms with Gasteiger partial charge in [-0.1, -0.05) is 18.2 Å². The van der Waals surface area contributed by atoms with Gasteiger partial charge in [0.15, 0.2) is 6.61 Å². The van der Waals surface area contributed by atoms with Gasteiger partial charge in [0.1, 0.15) is 5.75 Å². The van der Waals surface area contributed by atoms with Crippen LogP contribution in [0.4, 0.5) is 0 Å². The molecule has 6 nitrogen and oxygen atoms in total. The zero-order valence-corrected chi connectivity index (χ0v) is 17.0. The van der Waals surface area contributed by atoms with Crippen molar-refractivity contribution in [1.82, 2.24) is 10.3 Å². The number of likely N-dealkylation sites (tertiary alicyclic amines) is 1. The highest BCUT2D eigenvalue weighted by Gasteiger charge is 2.16. The van der Waals surface area contributed by atoms with Crippen molar-refractivity contribution in [2.45, 2.75) is 33.1 Å². The van der Waals surface area contributed by atoms with Crippen molar-refractivity contribution in [3.63, 3.8) is 0 Å². The second-order valence-corrected chi connectivity index (χ2v) is 7.21. The second-order valence-electron chi connectivity index (χ2n) is 7.21. The summed E-state index contributed by atoms with van der Waals surface area (Å²) in [7, 11) is 0. The van der Waals surface area contributed by atoms with Gasteiger partial charge in [-0.25, -0.2) is 5.43 Å². The number of rotatable bonds is 6. The van der Waals surface area contributed by atoms with Gasteiger partial charge in [-0.2, -0.15) is 5.10 Å². The number of nitrogens with one attached hydrogen (secondary N) is 1. The number of carbonyl (C=O) groups is 2. The first-order chi connectivity index (χ1) is 14.0. The topological polar surface area (TPSA) is 71.0 Å². The fourth-order valence-corrected chi connectivity index (χ4v) is 3.26. The van der Waals surface area contributed by atoms with Crippen molar-refractivity contribution in [1.29, 1.82) is 0 Å². The van der Waals surface area contributed by atoms with Crippen molar-refractivity contribution < 1.29 is 14.3 Å². The molecule has 1 aliphatic heterocycles. The lowest BCUT2D eigenvalue weighted by molar-refractivity contribution is -0.134. The molecule has 152 valence electrons. The summed E-state index contributed by atoms with van der Waals surface area (Å²) >= 11 is 0. The maximum Gasteiger partial charge on any atom is 0.271 e. The van der Waals surface area contributed by atoms with Crippen LogP contribution in [0.5, 0.6) is 5.75 Å². The maximum absolute atomic E-state index is 12.3. The maximum atomic E-state index is 12.3. The predicted molar refractivity (Wildman–Crippen MR) is 113 cm³/mol. The molecular weight excluding hydrogens is 366 g/mol. The molecule has 2 aromatic rings. The van der Waals surface area contributed by atoms with Crippen LogP contribution in [0.3, 0.4) is 0 Å². The lowest BCUT2D eigenvalue weighted by Gasteiger charge is -2.26. The summed E-state index contributed by atoms with van der Waals surface area (Å²) in [6.45, 7) is 5.42. The highest BCUT2D eigenvalue weighted by atomic mass is 16.5. The molecule has 2 amide bonds. The number of ether oxygens (including phenoxy) is 1. The number of amides is 2. The molecule has 0 bridgehead atoms. The first kappa shape index (κ1) is 20.6. The number of piperidine rings is 1. The molecule has 0 spiro atoms. The van der Waals surface area contributed by atoms with E-state index in [0.717, 1.165) is 37.1 Å². The van der Waals surface area contributed by atoms with Crippen LogP contribution in [-0.4, -0.2) is 42.1 Å². The van der Waals surface area contributed by atoms with Crippen LogP contribution >= 0.6 is 0 Å². The van der Waals surface area contributed by atoms with E-state index >= 15 is 0 Å². The van der Waals surface area contributed by atoms with Gasteiger partial charge in [-0.3, -0.25) is 9.59 Å². The highest BCUT2D eigenvalue weighted by molar-refractivity contribution is 6.01. The number of aryl methyl sites for hydroxylation is 1. The van der Waals surface area contributed by atoms with Crippen LogP contribution in [-0.2, 0) is 4.79 Å². The molecule has 0 atom stereocenters. The zero-order valence-electron chi connectivity index (χ0n) is 17.0. The predicted octanol–water partition coefficient (Wildman–Crippen LogP) is 3.54. The highest BCUT2D eigenvalue weighted by Crippen LogP contribution is 2.14. The van der Waals surface area contributed by atoms with Crippen molar-refractivity contribution >= 4 is 17.5 Å². The van der Waals surface area contributed by atoms with Crippen LogP contribution in [0.15, 0.2) is 53.6 Å². The number of hydrogen-bond donors (Lipinski definition) is 1. The number of hydrazone groups is 1. The molecule has 0 radical (unpaired) electrons. The summed E-state index contributed by atoms with van der Waals surface area (Å²) in [5, 5.41) is 4.19. The first-order valence-electron chi connectivity index (χ1n) is 9.96. The molecule has 1 heterocycles. The fraction of sp³-hybridized carbons (Fsp3) is 0.348. The van der Waals surface area contributed by atoms with Crippen molar-refractivity contribution in [3.05, 3.63) is 65.2 Å². The van der Waals surface area contributed by atoms with Crippen LogP contribution in [0.2, 0.25) is 0 Å². The Balaban J connectivity index is 1.53. The molecule has 0 saturated carbocycles. The minimum absolute atomic E-state index is 0.0328. The third-order valence-corrected chi connectivity index (χ3v) is 5.06. The van der Waals surface area contributed by atoms with Gasteiger partial charge in [0, 0.05) is 18.7 Å². The number of hydrogen-bond acceptors (Lipinski definition) is 4. The Kier molecular flexibility index (Phi) is 7.00. The summed E-state index contributed by atoms with van der Waals surface area (Å²) in [5.74, 6) is 0.430. The third kappa shape index (κ3) is 5.67. The molecule has 3 rings (SSSR count).